The van der Waals surface area contributed by atoms with Gasteiger partial charge < -0.3 is 15.2 Å². The molecular weight excluding hydrogens is 396 g/mol. The molecule has 3 rings (SSSR count). The fourth-order valence-electron chi connectivity index (χ4n) is 2.44. The molecule has 3 aromatic rings. The summed E-state index contributed by atoms with van der Waals surface area (Å²) in [5, 5.41) is 10.2. The highest BCUT2D eigenvalue weighted by molar-refractivity contribution is 7.92. The number of rotatable bonds is 5. The van der Waals surface area contributed by atoms with Crippen molar-refractivity contribution >= 4 is 44.5 Å². The van der Waals surface area contributed by atoms with Crippen molar-refractivity contribution in [2.45, 2.75) is 25.7 Å². The smallest absolute Gasteiger partial charge is 0.263 e. The Morgan fingerprint density at radius 2 is 1.57 bits per heavy atom. The van der Waals surface area contributed by atoms with E-state index in [4.69, 9.17) is 16.7 Å². The zero-order valence-electron chi connectivity index (χ0n) is 15.6. The van der Waals surface area contributed by atoms with Gasteiger partial charge in [0.25, 0.3) is 10.0 Å². The van der Waals surface area contributed by atoms with E-state index in [0.29, 0.717) is 16.6 Å². The molecule has 0 aliphatic rings. The Bertz CT molecular complexity index is 1110. The van der Waals surface area contributed by atoms with Gasteiger partial charge in [0.1, 0.15) is 5.76 Å². The average Bonchev–Trinajstić information content (AvgIpc) is 3.02. The van der Waals surface area contributed by atoms with Crippen molar-refractivity contribution in [3.8, 4) is 0 Å². The number of nitrogens with zero attached hydrogens (tertiary/aromatic N) is 1. The molecule has 1 heterocycles. The molecular formula is C19H20N4O3S2. The predicted molar refractivity (Wildman–Crippen MR) is 114 cm³/mol. The van der Waals surface area contributed by atoms with Gasteiger partial charge >= 0.3 is 0 Å². The minimum Gasteiger partial charge on any atom is -0.360 e. The second-order valence-electron chi connectivity index (χ2n) is 6.33. The van der Waals surface area contributed by atoms with Crippen molar-refractivity contribution in [2.75, 3.05) is 15.4 Å². The van der Waals surface area contributed by atoms with Crippen LogP contribution in [0.25, 0.3) is 0 Å². The number of hydrogen-bond acceptors (Lipinski definition) is 5. The lowest BCUT2D eigenvalue weighted by Crippen LogP contribution is -2.19. The van der Waals surface area contributed by atoms with Crippen LogP contribution in [-0.4, -0.2) is 18.7 Å². The first kappa shape index (κ1) is 19.8. The van der Waals surface area contributed by atoms with Crippen molar-refractivity contribution in [3.63, 3.8) is 0 Å². The Balaban J connectivity index is 1.64. The summed E-state index contributed by atoms with van der Waals surface area (Å²) in [4.78, 5) is 0.103. The van der Waals surface area contributed by atoms with Gasteiger partial charge in [-0.05, 0) is 80.5 Å². The first-order valence-corrected chi connectivity index (χ1v) is 10.3. The van der Waals surface area contributed by atoms with Crippen LogP contribution in [0.1, 0.15) is 16.9 Å². The van der Waals surface area contributed by atoms with E-state index < -0.39 is 10.0 Å². The molecule has 0 atom stereocenters. The average molecular weight is 417 g/mol. The lowest BCUT2D eigenvalue weighted by Gasteiger charge is -2.12. The fourth-order valence-corrected chi connectivity index (χ4v) is 3.66. The van der Waals surface area contributed by atoms with E-state index in [9.17, 15) is 8.42 Å². The van der Waals surface area contributed by atoms with Crippen LogP contribution in [-0.2, 0) is 10.0 Å². The van der Waals surface area contributed by atoms with Crippen LogP contribution in [0, 0.1) is 20.8 Å². The van der Waals surface area contributed by atoms with Crippen LogP contribution in [0.2, 0.25) is 0 Å². The molecule has 2 aromatic carbocycles. The molecule has 9 heteroatoms. The minimum atomic E-state index is -3.75. The van der Waals surface area contributed by atoms with Crippen molar-refractivity contribution in [1.82, 2.24) is 5.16 Å². The number of aryl methyl sites for hydroxylation is 3. The third-order valence-electron chi connectivity index (χ3n) is 4.05. The molecule has 0 radical (unpaired) electrons. The number of hydrogen-bond donors (Lipinski definition) is 3. The quantitative estimate of drug-likeness (QED) is 0.536. The SMILES string of the molecule is Cc1cc(NS(=O)(=O)c2ccc(NC(=S)Nc3ccc(C)c(C)c3)cc2)no1. The van der Waals surface area contributed by atoms with E-state index in [1.165, 1.54) is 23.8 Å². The van der Waals surface area contributed by atoms with E-state index in [2.05, 4.69) is 20.5 Å². The van der Waals surface area contributed by atoms with Crippen LogP contribution >= 0.6 is 12.2 Å². The van der Waals surface area contributed by atoms with Gasteiger partial charge in [0.15, 0.2) is 10.9 Å². The molecule has 3 N–H and O–H groups in total. The van der Waals surface area contributed by atoms with Crippen molar-refractivity contribution in [1.29, 1.82) is 0 Å². The normalized spacial score (nSPS) is 11.1. The lowest BCUT2D eigenvalue weighted by molar-refractivity contribution is 0.400. The summed E-state index contributed by atoms with van der Waals surface area (Å²) in [5.41, 5.74) is 3.91. The third kappa shape index (κ3) is 4.87. The Hall–Kier alpha value is -2.91. The minimum absolute atomic E-state index is 0.103. The van der Waals surface area contributed by atoms with Gasteiger partial charge in [-0.1, -0.05) is 11.2 Å². The second kappa shape index (κ2) is 7.99. The Labute approximate surface area is 169 Å². The van der Waals surface area contributed by atoms with Gasteiger partial charge in [-0.25, -0.2) is 8.42 Å². The molecule has 0 bridgehead atoms. The van der Waals surface area contributed by atoms with Crippen LogP contribution in [0.5, 0.6) is 0 Å². The summed E-state index contributed by atoms with van der Waals surface area (Å²) in [6, 6.07) is 13.7. The molecule has 0 fully saturated rings. The van der Waals surface area contributed by atoms with Gasteiger partial charge in [-0.2, -0.15) is 0 Å². The molecule has 0 saturated carbocycles. The Morgan fingerprint density at radius 3 is 2.18 bits per heavy atom. The first-order chi connectivity index (χ1) is 13.2. The number of benzene rings is 2. The first-order valence-electron chi connectivity index (χ1n) is 8.44. The maximum absolute atomic E-state index is 12.4. The predicted octanol–water partition coefficient (Wildman–Crippen LogP) is 4.21. The largest absolute Gasteiger partial charge is 0.360 e. The molecule has 1 aromatic heterocycles. The molecule has 0 saturated heterocycles. The summed E-state index contributed by atoms with van der Waals surface area (Å²) in [6.45, 7) is 5.76. The maximum Gasteiger partial charge on any atom is 0.263 e. The summed E-state index contributed by atoms with van der Waals surface area (Å²) < 4.78 is 32.0. The molecule has 7 nitrogen and oxygen atoms in total. The number of anilines is 3. The van der Waals surface area contributed by atoms with E-state index in [-0.39, 0.29) is 10.7 Å². The highest BCUT2D eigenvalue weighted by atomic mass is 32.2. The number of thiocarbonyl (C=S) groups is 1. The van der Waals surface area contributed by atoms with Crippen LogP contribution in [0.3, 0.4) is 0 Å². The van der Waals surface area contributed by atoms with E-state index in [1.807, 2.05) is 32.0 Å². The molecule has 0 unspecified atom stereocenters. The summed E-state index contributed by atoms with van der Waals surface area (Å²) in [5.74, 6) is 0.653. The van der Waals surface area contributed by atoms with Gasteiger partial charge in [-0.15, -0.1) is 0 Å². The highest BCUT2D eigenvalue weighted by Crippen LogP contribution is 2.19. The second-order valence-corrected chi connectivity index (χ2v) is 8.42. The monoisotopic (exact) mass is 416 g/mol. The Morgan fingerprint density at radius 1 is 0.929 bits per heavy atom. The van der Waals surface area contributed by atoms with Crippen molar-refractivity contribution in [3.05, 3.63) is 65.4 Å². The molecule has 0 amide bonds. The zero-order chi connectivity index (χ0) is 20.3. The molecule has 28 heavy (non-hydrogen) atoms. The fraction of sp³-hybridized carbons (Fsp3) is 0.158. The number of aromatic nitrogens is 1. The molecule has 0 aliphatic heterocycles. The molecule has 0 spiro atoms. The van der Waals surface area contributed by atoms with Gasteiger partial charge in [0, 0.05) is 17.4 Å². The van der Waals surface area contributed by atoms with Crippen molar-refractivity contribution < 1.29 is 12.9 Å². The summed E-state index contributed by atoms with van der Waals surface area (Å²) in [6.07, 6.45) is 0. The molecule has 146 valence electrons. The van der Waals surface area contributed by atoms with Crippen molar-refractivity contribution in [2.24, 2.45) is 0 Å². The summed E-state index contributed by atoms with van der Waals surface area (Å²) in [7, 11) is -3.75. The topological polar surface area (TPSA) is 96.3 Å². The third-order valence-corrected chi connectivity index (χ3v) is 5.63. The number of nitrogens with one attached hydrogen (secondary N) is 3. The van der Waals surface area contributed by atoms with Gasteiger partial charge in [0.2, 0.25) is 0 Å². The van der Waals surface area contributed by atoms with Crippen LogP contribution in [0.15, 0.2) is 57.9 Å². The lowest BCUT2D eigenvalue weighted by atomic mass is 10.1. The van der Waals surface area contributed by atoms with E-state index in [1.54, 1.807) is 19.1 Å². The Kier molecular flexibility index (Phi) is 5.66. The van der Waals surface area contributed by atoms with Gasteiger partial charge in [-0.3, -0.25) is 4.72 Å². The van der Waals surface area contributed by atoms with E-state index >= 15 is 0 Å². The highest BCUT2D eigenvalue weighted by Gasteiger charge is 2.16. The molecule has 0 aliphatic carbocycles. The van der Waals surface area contributed by atoms with Crippen LogP contribution < -0.4 is 15.4 Å². The number of sulfonamides is 1. The van der Waals surface area contributed by atoms with Crippen LogP contribution in [0.4, 0.5) is 17.2 Å². The standard InChI is InChI=1S/C19H20N4O3S2/c1-12-4-5-16(10-13(12)2)21-19(27)20-15-6-8-17(9-7-15)28(24,25)23-18-11-14(3)26-22-18/h4-11H,1-3H3,(H,22,23)(H2,20,21,27). The maximum atomic E-state index is 12.4. The van der Waals surface area contributed by atoms with Gasteiger partial charge in [0.05, 0.1) is 4.90 Å². The zero-order valence-corrected chi connectivity index (χ0v) is 17.2. The summed E-state index contributed by atoms with van der Waals surface area (Å²) >= 11 is 5.32. The van der Waals surface area contributed by atoms with E-state index in [0.717, 1.165) is 11.3 Å².